The zero-order valence-electron chi connectivity index (χ0n) is 20.8. The monoisotopic (exact) mass is 488 g/mol. The molecule has 2 saturated heterocycles. The molecule has 0 saturated carbocycles. The van der Waals surface area contributed by atoms with E-state index in [0.29, 0.717) is 19.5 Å². The van der Waals surface area contributed by atoms with Crippen LogP contribution in [0.2, 0.25) is 0 Å². The van der Waals surface area contributed by atoms with E-state index in [1.54, 1.807) is 30.2 Å². The van der Waals surface area contributed by atoms with Crippen LogP contribution >= 0.6 is 0 Å². The van der Waals surface area contributed by atoms with Crippen LogP contribution in [-0.2, 0) is 11.2 Å². The molecule has 1 aromatic heterocycles. The minimum atomic E-state index is -1.03. The van der Waals surface area contributed by atoms with Gasteiger partial charge >= 0.3 is 6.03 Å². The van der Waals surface area contributed by atoms with Crippen molar-refractivity contribution in [3.8, 4) is 11.5 Å². The van der Waals surface area contributed by atoms with Gasteiger partial charge in [-0.1, -0.05) is 18.6 Å². The van der Waals surface area contributed by atoms with Crippen molar-refractivity contribution in [3.63, 3.8) is 0 Å². The van der Waals surface area contributed by atoms with Crippen molar-refractivity contribution in [2.45, 2.75) is 44.2 Å². The number of rotatable bonds is 5. The van der Waals surface area contributed by atoms with Crippen LogP contribution in [0.4, 0.5) is 4.79 Å². The number of likely N-dealkylation sites (tertiary alicyclic amines) is 1. The Bertz CT molecular complexity index is 1340. The number of piperidine rings is 1. The molecule has 6 rings (SSSR count). The highest BCUT2D eigenvalue weighted by molar-refractivity contribution is 6.08. The molecule has 0 aliphatic carbocycles. The zero-order chi connectivity index (χ0) is 25.0. The number of phenolic OH excluding ortho intramolecular Hbond substituents is 1. The van der Waals surface area contributed by atoms with Gasteiger partial charge in [-0.25, -0.2) is 4.79 Å². The number of H-pyrrole nitrogens is 1. The highest BCUT2D eigenvalue weighted by Crippen LogP contribution is 2.49. The van der Waals surface area contributed by atoms with E-state index in [1.807, 2.05) is 31.2 Å². The fourth-order valence-corrected chi connectivity index (χ4v) is 6.28. The standard InChI is InChI=1S/C28H32N4O4/c1-28-17-22-21-16-20(36-2)9-10-23(21)29-24(22)25(18-7-6-8-19(33)15-18)32(28)27(35)31(26(28)34)14-13-30-11-4-3-5-12-30/h6-10,15-16,25,29,33H,3-5,11-14,17H2,1-2H3. The lowest BCUT2D eigenvalue weighted by molar-refractivity contribution is -0.133. The highest BCUT2D eigenvalue weighted by atomic mass is 16.5. The second kappa shape index (κ2) is 8.55. The Kier molecular flexibility index (Phi) is 5.44. The minimum Gasteiger partial charge on any atom is -0.508 e. The van der Waals surface area contributed by atoms with Gasteiger partial charge in [-0.2, -0.15) is 0 Å². The molecule has 0 radical (unpaired) electrons. The predicted molar refractivity (Wildman–Crippen MR) is 136 cm³/mol. The molecule has 3 aliphatic rings. The molecule has 2 unspecified atom stereocenters. The third-order valence-corrected chi connectivity index (χ3v) is 8.15. The van der Waals surface area contributed by atoms with Crippen molar-refractivity contribution >= 4 is 22.8 Å². The van der Waals surface area contributed by atoms with E-state index in [4.69, 9.17) is 4.74 Å². The van der Waals surface area contributed by atoms with Crippen molar-refractivity contribution in [3.05, 3.63) is 59.3 Å². The third kappa shape index (κ3) is 3.46. The summed E-state index contributed by atoms with van der Waals surface area (Å²) in [6, 6.07) is 12.0. The number of hydrogen-bond acceptors (Lipinski definition) is 5. The number of benzene rings is 2. The first-order valence-corrected chi connectivity index (χ1v) is 12.8. The molecule has 3 aromatic rings. The molecule has 0 bridgehead atoms. The fourth-order valence-electron chi connectivity index (χ4n) is 6.28. The summed E-state index contributed by atoms with van der Waals surface area (Å²) in [4.78, 5) is 36.9. The summed E-state index contributed by atoms with van der Waals surface area (Å²) in [6.07, 6.45) is 3.98. The average Bonchev–Trinajstić information content (AvgIpc) is 3.33. The van der Waals surface area contributed by atoms with Gasteiger partial charge in [0.25, 0.3) is 5.91 Å². The van der Waals surface area contributed by atoms with Crippen LogP contribution in [-0.4, -0.2) is 75.6 Å². The first kappa shape index (κ1) is 22.9. The molecule has 2 fully saturated rings. The molecule has 188 valence electrons. The summed E-state index contributed by atoms with van der Waals surface area (Å²) in [6.45, 7) is 5.00. The third-order valence-electron chi connectivity index (χ3n) is 8.15. The molecule has 8 nitrogen and oxygen atoms in total. The van der Waals surface area contributed by atoms with Crippen molar-refractivity contribution in [2.75, 3.05) is 33.3 Å². The summed E-state index contributed by atoms with van der Waals surface area (Å²) in [5.41, 5.74) is 2.55. The Morgan fingerprint density at radius 2 is 1.89 bits per heavy atom. The van der Waals surface area contributed by atoms with E-state index in [-0.39, 0.29) is 17.7 Å². The second-order valence-corrected chi connectivity index (χ2v) is 10.4. The van der Waals surface area contributed by atoms with E-state index in [9.17, 15) is 14.7 Å². The molecule has 3 aliphatic heterocycles. The number of amides is 3. The number of carbonyl (C=O) groups excluding carboxylic acids is 2. The van der Waals surface area contributed by atoms with E-state index >= 15 is 0 Å². The van der Waals surface area contributed by atoms with E-state index in [2.05, 4.69) is 9.88 Å². The second-order valence-electron chi connectivity index (χ2n) is 10.4. The number of methoxy groups -OCH3 is 1. The van der Waals surface area contributed by atoms with Crippen molar-refractivity contribution in [2.24, 2.45) is 0 Å². The smallest absolute Gasteiger partial charge is 0.328 e. The lowest BCUT2D eigenvalue weighted by atomic mass is 9.81. The Hall–Kier alpha value is -3.52. The van der Waals surface area contributed by atoms with Crippen LogP contribution < -0.4 is 4.74 Å². The molecule has 4 heterocycles. The van der Waals surface area contributed by atoms with Gasteiger partial charge in [-0.15, -0.1) is 0 Å². The minimum absolute atomic E-state index is 0.124. The van der Waals surface area contributed by atoms with Crippen LogP contribution in [0.3, 0.4) is 0 Å². The van der Waals surface area contributed by atoms with Gasteiger partial charge in [0.05, 0.1) is 7.11 Å². The molecule has 36 heavy (non-hydrogen) atoms. The van der Waals surface area contributed by atoms with Crippen molar-refractivity contribution in [1.29, 1.82) is 0 Å². The summed E-state index contributed by atoms with van der Waals surface area (Å²) in [7, 11) is 1.64. The van der Waals surface area contributed by atoms with Gasteiger partial charge < -0.3 is 19.7 Å². The van der Waals surface area contributed by atoms with E-state index in [0.717, 1.165) is 59.4 Å². The average molecular weight is 489 g/mol. The van der Waals surface area contributed by atoms with Crippen LogP contribution in [0.15, 0.2) is 42.5 Å². The lowest BCUT2D eigenvalue weighted by Gasteiger charge is -2.42. The SMILES string of the molecule is COc1ccc2[nH]c3c(c2c1)CC1(C)C(=O)N(CCN2CCCCC2)C(=O)N1C3c1cccc(O)c1. The number of phenols is 1. The quantitative estimate of drug-likeness (QED) is 0.530. The molecule has 0 spiro atoms. The number of aromatic nitrogens is 1. The summed E-state index contributed by atoms with van der Waals surface area (Å²) < 4.78 is 5.48. The maximum atomic E-state index is 13.9. The first-order valence-electron chi connectivity index (χ1n) is 12.8. The van der Waals surface area contributed by atoms with Crippen LogP contribution in [0.1, 0.15) is 49.0 Å². The fraction of sp³-hybridized carbons (Fsp3) is 0.429. The number of carbonyl (C=O) groups is 2. The normalized spacial score (nSPS) is 24.3. The summed E-state index contributed by atoms with van der Waals surface area (Å²) in [5.74, 6) is 0.708. The number of ether oxygens (including phenoxy) is 1. The topological polar surface area (TPSA) is 89.1 Å². The zero-order valence-corrected chi connectivity index (χ0v) is 20.8. The van der Waals surface area contributed by atoms with Crippen LogP contribution in [0.5, 0.6) is 11.5 Å². The van der Waals surface area contributed by atoms with Gasteiger partial charge in [0.1, 0.15) is 23.1 Å². The lowest BCUT2D eigenvalue weighted by Crippen LogP contribution is -2.53. The Balaban J connectivity index is 1.45. The molecule has 2 aromatic carbocycles. The number of fused-ring (bicyclic) bond motifs is 4. The number of hydrogen-bond donors (Lipinski definition) is 2. The predicted octanol–water partition coefficient (Wildman–Crippen LogP) is 4.04. The molecular formula is C28H32N4O4. The Labute approximate surface area is 210 Å². The number of aromatic amines is 1. The highest BCUT2D eigenvalue weighted by Gasteiger charge is 2.60. The van der Waals surface area contributed by atoms with Crippen molar-refractivity contribution in [1.82, 2.24) is 19.7 Å². The van der Waals surface area contributed by atoms with Crippen molar-refractivity contribution < 1.29 is 19.4 Å². The van der Waals surface area contributed by atoms with Crippen LogP contribution in [0.25, 0.3) is 10.9 Å². The van der Waals surface area contributed by atoms with Crippen LogP contribution in [0, 0.1) is 0 Å². The largest absolute Gasteiger partial charge is 0.508 e. The van der Waals surface area contributed by atoms with E-state index < -0.39 is 11.6 Å². The van der Waals surface area contributed by atoms with E-state index in [1.165, 1.54) is 11.3 Å². The van der Waals surface area contributed by atoms with Gasteiger partial charge in [0, 0.05) is 36.1 Å². The molecular weight excluding hydrogens is 456 g/mol. The van der Waals surface area contributed by atoms with Gasteiger partial charge in [0.15, 0.2) is 0 Å². The summed E-state index contributed by atoms with van der Waals surface area (Å²) >= 11 is 0. The number of urea groups is 1. The van der Waals surface area contributed by atoms with Gasteiger partial charge in [-0.05, 0) is 74.3 Å². The Morgan fingerprint density at radius 3 is 2.64 bits per heavy atom. The number of nitrogens with zero attached hydrogens (tertiary/aromatic N) is 3. The number of nitrogens with one attached hydrogen (secondary N) is 1. The molecule has 2 atom stereocenters. The molecule has 8 heteroatoms. The molecule has 2 N–H and O–H groups in total. The van der Waals surface area contributed by atoms with Gasteiger partial charge in [-0.3, -0.25) is 14.6 Å². The maximum Gasteiger partial charge on any atom is 0.328 e. The Morgan fingerprint density at radius 1 is 1.08 bits per heavy atom. The first-order chi connectivity index (χ1) is 17.4. The summed E-state index contributed by atoms with van der Waals surface area (Å²) in [5, 5.41) is 11.3. The number of aromatic hydroxyl groups is 1. The maximum absolute atomic E-state index is 13.9. The molecule has 3 amide bonds. The number of imide groups is 1. The van der Waals surface area contributed by atoms with Gasteiger partial charge in [0.2, 0.25) is 0 Å².